The average Bonchev–Trinajstić information content (AvgIpc) is 2.97. The summed E-state index contributed by atoms with van der Waals surface area (Å²) in [6, 6.07) is 11.2. The summed E-state index contributed by atoms with van der Waals surface area (Å²) in [7, 11) is 0. The molecule has 158 valence electrons. The molecule has 1 unspecified atom stereocenters. The van der Waals surface area contributed by atoms with Crippen LogP contribution in [0.4, 0.5) is 0 Å². The first-order chi connectivity index (χ1) is 15.1. The van der Waals surface area contributed by atoms with Crippen LogP contribution in [0.2, 0.25) is 0 Å². The first-order valence-electron chi connectivity index (χ1n) is 10.0. The van der Waals surface area contributed by atoms with Crippen molar-refractivity contribution in [3.8, 4) is 17.1 Å². The summed E-state index contributed by atoms with van der Waals surface area (Å²) >= 11 is 0. The highest BCUT2D eigenvalue weighted by molar-refractivity contribution is 5.95. The van der Waals surface area contributed by atoms with Crippen molar-refractivity contribution in [2.45, 2.75) is 38.3 Å². The van der Waals surface area contributed by atoms with E-state index in [4.69, 9.17) is 4.74 Å². The Kier molecular flexibility index (Phi) is 6.11. The summed E-state index contributed by atoms with van der Waals surface area (Å²) in [5.74, 6) is -0.301. The zero-order chi connectivity index (χ0) is 21.6. The van der Waals surface area contributed by atoms with Crippen LogP contribution in [-0.2, 0) is 16.1 Å². The van der Waals surface area contributed by atoms with Crippen molar-refractivity contribution in [3.63, 3.8) is 0 Å². The smallest absolute Gasteiger partial charge is 0.320 e. The van der Waals surface area contributed by atoms with E-state index in [0.717, 1.165) is 12.8 Å². The summed E-state index contributed by atoms with van der Waals surface area (Å²) in [4.78, 5) is 50.0. The third-order valence-corrected chi connectivity index (χ3v) is 4.93. The van der Waals surface area contributed by atoms with E-state index in [-0.39, 0.29) is 5.56 Å². The number of nitrogens with one attached hydrogen (secondary N) is 1. The zero-order valence-corrected chi connectivity index (χ0v) is 16.7. The van der Waals surface area contributed by atoms with Gasteiger partial charge in [-0.25, -0.2) is 15.0 Å². The van der Waals surface area contributed by atoms with Crippen molar-refractivity contribution >= 4 is 11.9 Å². The summed E-state index contributed by atoms with van der Waals surface area (Å²) in [6.07, 6.45) is 4.75. The molecule has 9 nitrogen and oxygen atoms in total. The fraction of sp³-hybridized carbons (Fsp3) is 0.273. The highest BCUT2D eigenvalue weighted by Gasteiger charge is 2.25. The predicted molar refractivity (Wildman–Crippen MR) is 111 cm³/mol. The lowest BCUT2D eigenvalue weighted by atomic mass is 10.1. The van der Waals surface area contributed by atoms with E-state index < -0.39 is 24.3 Å². The fourth-order valence-electron chi connectivity index (χ4n) is 3.50. The molecule has 3 heterocycles. The molecule has 1 aliphatic rings. The molecule has 0 fully saturated rings. The van der Waals surface area contributed by atoms with Gasteiger partial charge in [-0.3, -0.25) is 19.0 Å². The second-order valence-corrected chi connectivity index (χ2v) is 7.16. The molecule has 3 aromatic rings. The SMILES string of the molecule is O=C(CC(=O)Oc1ccccc1)NC1CCCCn2c1nc(-c1ccncn1)cc2=O. The number of carbonyl (C=O) groups is 2. The minimum Gasteiger partial charge on any atom is -0.426 e. The minimum atomic E-state index is -0.655. The molecule has 0 spiro atoms. The van der Waals surface area contributed by atoms with Crippen LogP contribution in [0.1, 0.15) is 37.5 Å². The molecule has 1 aliphatic heterocycles. The molecule has 31 heavy (non-hydrogen) atoms. The van der Waals surface area contributed by atoms with E-state index in [1.165, 1.54) is 12.4 Å². The van der Waals surface area contributed by atoms with Crippen LogP contribution in [-0.4, -0.2) is 31.4 Å². The number of aromatic nitrogens is 4. The van der Waals surface area contributed by atoms with Crippen molar-refractivity contribution < 1.29 is 14.3 Å². The highest BCUT2D eigenvalue weighted by Crippen LogP contribution is 2.24. The van der Waals surface area contributed by atoms with E-state index in [1.54, 1.807) is 47.2 Å². The molecule has 0 saturated heterocycles. The maximum Gasteiger partial charge on any atom is 0.320 e. The van der Waals surface area contributed by atoms with Gasteiger partial charge in [0.25, 0.3) is 5.56 Å². The normalized spacial score (nSPS) is 15.4. The maximum absolute atomic E-state index is 12.7. The number of esters is 1. The van der Waals surface area contributed by atoms with E-state index in [0.29, 0.717) is 35.9 Å². The van der Waals surface area contributed by atoms with Crippen molar-refractivity contribution in [2.24, 2.45) is 0 Å². The Morgan fingerprint density at radius 2 is 1.97 bits per heavy atom. The van der Waals surface area contributed by atoms with Crippen molar-refractivity contribution in [2.75, 3.05) is 0 Å². The van der Waals surface area contributed by atoms with Gasteiger partial charge in [0.15, 0.2) is 0 Å². The molecule has 2 aromatic heterocycles. The molecule has 1 atom stereocenters. The number of nitrogens with zero attached hydrogens (tertiary/aromatic N) is 4. The molecule has 0 saturated carbocycles. The van der Waals surface area contributed by atoms with Crippen LogP contribution in [0.5, 0.6) is 5.75 Å². The van der Waals surface area contributed by atoms with Crippen molar-refractivity contribution in [1.29, 1.82) is 0 Å². The minimum absolute atomic E-state index is 0.205. The van der Waals surface area contributed by atoms with E-state index >= 15 is 0 Å². The zero-order valence-electron chi connectivity index (χ0n) is 16.7. The van der Waals surface area contributed by atoms with Crippen molar-refractivity contribution in [3.05, 3.63) is 71.2 Å². The average molecular weight is 419 g/mol. The quantitative estimate of drug-likeness (QED) is 0.382. The van der Waals surface area contributed by atoms with E-state index in [1.807, 2.05) is 0 Å². The Hall–Kier alpha value is -3.88. The maximum atomic E-state index is 12.7. The fourth-order valence-corrected chi connectivity index (χ4v) is 3.50. The molecule has 1 amide bonds. The Morgan fingerprint density at radius 1 is 1.13 bits per heavy atom. The molecule has 1 N–H and O–H groups in total. The van der Waals surface area contributed by atoms with Crippen LogP contribution >= 0.6 is 0 Å². The standard InChI is InChI=1S/C22H21N5O4/c28-19(13-21(30)31-15-6-2-1-3-7-15)25-17-8-4-5-11-27-20(29)12-18(26-22(17)27)16-9-10-23-14-24-16/h1-3,6-7,9-10,12,14,17H,4-5,8,11,13H2,(H,25,28). The van der Waals surface area contributed by atoms with Gasteiger partial charge in [-0.15, -0.1) is 0 Å². The number of hydrogen-bond donors (Lipinski definition) is 1. The highest BCUT2D eigenvalue weighted by atomic mass is 16.5. The van der Waals surface area contributed by atoms with Crippen molar-refractivity contribution in [1.82, 2.24) is 24.8 Å². The lowest BCUT2D eigenvalue weighted by molar-refractivity contribution is -0.138. The number of ether oxygens (including phenoxy) is 1. The summed E-state index contributed by atoms with van der Waals surface area (Å²) in [6.45, 7) is 0.521. The van der Waals surface area contributed by atoms with Gasteiger partial charge in [0.2, 0.25) is 5.91 Å². The summed E-state index contributed by atoms with van der Waals surface area (Å²) in [5, 5.41) is 2.84. The lowest BCUT2D eigenvalue weighted by Crippen LogP contribution is -2.35. The number of carbonyl (C=O) groups excluding carboxylic acids is 2. The van der Waals surface area contributed by atoms with Crippen LogP contribution in [0, 0.1) is 0 Å². The largest absolute Gasteiger partial charge is 0.426 e. The molecule has 4 rings (SSSR count). The van der Waals surface area contributed by atoms with Crippen LogP contribution in [0.25, 0.3) is 11.4 Å². The number of amides is 1. The topological polar surface area (TPSA) is 116 Å². The second-order valence-electron chi connectivity index (χ2n) is 7.16. The number of benzene rings is 1. The molecular weight excluding hydrogens is 398 g/mol. The van der Waals surface area contributed by atoms with Gasteiger partial charge < -0.3 is 10.1 Å². The molecule has 0 bridgehead atoms. The van der Waals surface area contributed by atoms with Gasteiger partial charge in [0.1, 0.15) is 24.3 Å². The lowest BCUT2D eigenvalue weighted by Gasteiger charge is -2.19. The van der Waals surface area contributed by atoms with Gasteiger partial charge in [0.05, 0.1) is 17.4 Å². The number of hydrogen-bond acceptors (Lipinski definition) is 7. The Labute approximate surface area is 178 Å². The van der Waals surface area contributed by atoms with Gasteiger partial charge in [-0.1, -0.05) is 18.2 Å². The Bertz CT molecular complexity index is 1130. The molecular formula is C22H21N5O4. The van der Waals surface area contributed by atoms with Gasteiger partial charge >= 0.3 is 5.97 Å². The third kappa shape index (κ3) is 5.00. The number of para-hydroxylation sites is 1. The summed E-state index contributed by atoms with van der Waals surface area (Å²) < 4.78 is 6.75. The molecule has 0 radical (unpaired) electrons. The second kappa shape index (κ2) is 9.29. The molecule has 0 aliphatic carbocycles. The first kappa shape index (κ1) is 20.4. The van der Waals surface area contributed by atoms with Gasteiger partial charge in [-0.2, -0.15) is 0 Å². The monoisotopic (exact) mass is 419 g/mol. The number of rotatable bonds is 5. The molecule has 9 heteroatoms. The van der Waals surface area contributed by atoms with Gasteiger partial charge in [0, 0.05) is 18.8 Å². The Morgan fingerprint density at radius 3 is 2.74 bits per heavy atom. The Balaban J connectivity index is 1.53. The van der Waals surface area contributed by atoms with E-state index in [9.17, 15) is 14.4 Å². The molecule has 1 aromatic carbocycles. The predicted octanol–water partition coefficient (Wildman–Crippen LogP) is 2.04. The first-order valence-corrected chi connectivity index (χ1v) is 10.0. The summed E-state index contributed by atoms with van der Waals surface area (Å²) in [5.41, 5.74) is 0.739. The van der Waals surface area contributed by atoms with Gasteiger partial charge in [-0.05, 0) is 37.5 Å². The third-order valence-electron chi connectivity index (χ3n) is 4.93. The van der Waals surface area contributed by atoms with Crippen LogP contribution < -0.4 is 15.6 Å². The van der Waals surface area contributed by atoms with E-state index in [2.05, 4.69) is 20.3 Å². The van der Waals surface area contributed by atoms with Crippen LogP contribution in [0.15, 0.2) is 59.8 Å². The number of fused-ring (bicyclic) bond motifs is 1. The van der Waals surface area contributed by atoms with Crippen LogP contribution in [0.3, 0.4) is 0 Å².